The van der Waals surface area contributed by atoms with Gasteiger partial charge in [-0.25, -0.2) is 4.98 Å². The Hall–Kier alpha value is -3.15. The quantitative estimate of drug-likeness (QED) is 0.727. The number of pyridine rings is 1. The number of aromatic nitrogens is 3. The summed E-state index contributed by atoms with van der Waals surface area (Å²) < 4.78 is 7.46. The number of carbonyl (C=O) groups is 1. The molecule has 0 atom stereocenters. The van der Waals surface area contributed by atoms with Crippen molar-refractivity contribution in [1.29, 1.82) is 0 Å². The van der Waals surface area contributed by atoms with Crippen LogP contribution < -0.4 is 9.64 Å². The highest BCUT2D eigenvalue weighted by molar-refractivity contribution is 6.05. The first-order chi connectivity index (χ1) is 12.6. The molecule has 1 aliphatic heterocycles. The molecule has 132 valence electrons. The number of ether oxygens (including phenoxy) is 1. The monoisotopic (exact) mass is 348 g/mol. The Kier molecular flexibility index (Phi) is 4.16. The number of amides is 1. The number of hydrogen-bond acceptors (Lipinski definition) is 4. The van der Waals surface area contributed by atoms with Crippen molar-refractivity contribution in [2.75, 3.05) is 11.4 Å². The molecule has 26 heavy (non-hydrogen) atoms. The number of rotatable bonds is 4. The molecule has 6 heteroatoms. The molecule has 0 aliphatic carbocycles. The molecule has 4 rings (SSSR count). The number of aryl methyl sites for hydroxylation is 2. The van der Waals surface area contributed by atoms with Gasteiger partial charge in [0.05, 0.1) is 6.54 Å². The topological polar surface area (TPSA) is 60.2 Å². The summed E-state index contributed by atoms with van der Waals surface area (Å²) in [7, 11) is 0. The van der Waals surface area contributed by atoms with Crippen LogP contribution >= 0.6 is 0 Å². The lowest BCUT2D eigenvalue weighted by molar-refractivity contribution is 0.0961. The second-order valence-electron chi connectivity index (χ2n) is 6.39. The van der Waals surface area contributed by atoms with E-state index in [1.54, 1.807) is 15.6 Å². The zero-order valence-corrected chi connectivity index (χ0v) is 14.8. The summed E-state index contributed by atoms with van der Waals surface area (Å²) in [6, 6.07) is 15.5. The van der Waals surface area contributed by atoms with Crippen LogP contribution in [0.25, 0.3) is 0 Å². The van der Waals surface area contributed by atoms with Gasteiger partial charge in [-0.15, -0.1) is 5.10 Å². The molecule has 0 radical (unpaired) electrons. The van der Waals surface area contributed by atoms with E-state index in [0.29, 0.717) is 37.1 Å². The van der Waals surface area contributed by atoms with Crippen molar-refractivity contribution in [3.8, 4) is 5.88 Å². The first-order valence-electron chi connectivity index (χ1n) is 8.62. The molecule has 3 aromatic rings. The molecule has 2 aromatic heterocycles. The maximum absolute atomic E-state index is 12.9. The zero-order chi connectivity index (χ0) is 18.1. The van der Waals surface area contributed by atoms with Crippen molar-refractivity contribution in [3.05, 3.63) is 71.0 Å². The third-order valence-corrected chi connectivity index (χ3v) is 4.60. The van der Waals surface area contributed by atoms with Crippen LogP contribution in [0.2, 0.25) is 0 Å². The highest BCUT2D eigenvalue weighted by Gasteiger charge is 2.28. The number of benzene rings is 1. The summed E-state index contributed by atoms with van der Waals surface area (Å²) in [5, 5.41) is 4.40. The number of hydrogen-bond donors (Lipinski definition) is 0. The normalized spacial score (nSPS) is 13.6. The maximum Gasteiger partial charge on any atom is 0.277 e. The minimum absolute atomic E-state index is 0.103. The van der Waals surface area contributed by atoms with Crippen LogP contribution in [0.5, 0.6) is 5.88 Å². The molecule has 6 nitrogen and oxygen atoms in total. The largest absolute Gasteiger partial charge is 0.472 e. The molecule has 0 saturated heterocycles. The average Bonchev–Trinajstić information content (AvgIpc) is 3.08. The lowest BCUT2D eigenvalue weighted by Gasteiger charge is -2.26. The molecule has 0 saturated carbocycles. The Morgan fingerprint density at radius 2 is 1.88 bits per heavy atom. The van der Waals surface area contributed by atoms with E-state index in [-0.39, 0.29) is 5.91 Å². The van der Waals surface area contributed by atoms with Gasteiger partial charge in [-0.2, -0.15) is 0 Å². The van der Waals surface area contributed by atoms with Gasteiger partial charge in [-0.1, -0.05) is 36.4 Å². The van der Waals surface area contributed by atoms with Crippen molar-refractivity contribution in [2.24, 2.45) is 0 Å². The molecule has 1 aromatic carbocycles. The van der Waals surface area contributed by atoms with Gasteiger partial charge in [0.2, 0.25) is 5.88 Å². The first-order valence-corrected chi connectivity index (χ1v) is 8.62. The van der Waals surface area contributed by atoms with Crippen molar-refractivity contribution in [2.45, 2.75) is 27.0 Å². The molecule has 0 N–H and O–H groups in total. The van der Waals surface area contributed by atoms with E-state index in [1.807, 2.05) is 56.3 Å². The third kappa shape index (κ3) is 3.06. The molecule has 1 aliphatic rings. The number of anilines is 1. The number of nitrogens with zero attached hydrogens (tertiary/aromatic N) is 4. The fourth-order valence-electron chi connectivity index (χ4n) is 2.96. The number of fused-ring (bicyclic) bond motifs is 1. The SMILES string of the molecule is Cc1ccc(N2CCn3nc(OCc4ccccc4)cc3C2=O)nc1C. The van der Waals surface area contributed by atoms with Crippen molar-refractivity contribution < 1.29 is 9.53 Å². The average molecular weight is 348 g/mol. The lowest BCUT2D eigenvalue weighted by Crippen LogP contribution is -2.41. The van der Waals surface area contributed by atoms with E-state index >= 15 is 0 Å². The highest BCUT2D eigenvalue weighted by Crippen LogP contribution is 2.23. The minimum atomic E-state index is -0.103. The molecular formula is C20H20N4O2. The van der Waals surface area contributed by atoms with Crippen molar-refractivity contribution in [3.63, 3.8) is 0 Å². The van der Waals surface area contributed by atoms with E-state index < -0.39 is 0 Å². The molecule has 0 bridgehead atoms. The second-order valence-corrected chi connectivity index (χ2v) is 6.39. The smallest absolute Gasteiger partial charge is 0.277 e. The van der Waals surface area contributed by atoms with Crippen LogP contribution in [0.4, 0.5) is 5.82 Å². The Morgan fingerprint density at radius 3 is 2.65 bits per heavy atom. The van der Waals surface area contributed by atoms with Crippen LogP contribution in [-0.2, 0) is 13.2 Å². The van der Waals surface area contributed by atoms with Gasteiger partial charge in [0.15, 0.2) is 0 Å². The molecule has 0 fully saturated rings. The van der Waals surface area contributed by atoms with E-state index in [2.05, 4.69) is 10.1 Å². The van der Waals surface area contributed by atoms with Gasteiger partial charge < -0.3 is 4.74 Å². The summed E-state index contributed by atoms with van der Waals surface area (Å²) in [6.45, 7) is 5.54. The minimum Gasteiger partial charge on any atom is -0.472 e. The van der Waals surface area contributed by atoms with Gasteiger partial charge in [0.1, 0.15) is 18.1 Å². The van der Waals surface area contributed by atoms with Gasteiger partial charge in [0.25, 0.3) is 5.91 Å². The zero-order valence-electron chi connectivity index (χ0n) is 14.8. The molecule has 0 spiro atoms. The summed E-state index contributed by atoms with van der Waals surface area (Å²) in [5.41, 5.74) is 3.63. The van der Waals surface area contributed by atoms with Gasteiger partial charge >= 0.3 is 0 Å². The maximum atomic E-state index is 12.9. The van der Waals surface area contributed by atoms with E-state index in [4.69, 9.17) is 4.74 Å². The van der Waals surface area contributed by atoms with Crippen LogP contribution in [0, 0.1) is 13.8 Å². The Balaban J connectivity index is 1.53. The number of carbonyl (C=O) groups excluding carboxylic acids is 1. The van der Waals surface area contributed by atoms with Gasteiger partial charge in [-0.05, 0) is 31.0 Å². The lowest BCUT2D eigenvalue weighted by atomic mass is 10.2. The van der Waals surface area contributed by atoms with Crippen LogP contribution in [-0.4, -0.2) is 27.2 Å². The molecule has 0 unspecified atom stereocenters. The summed E-state index contributed by atoms with van der Waals surface area (Å²) >= 11 is 0. The van der Waals surface area contributed by atoms with Crippen molar-refractivity contribution >= 4 is 11.7 Å². The fraction of sp³-hybridized carbons (Fsp3) is 0.250. The molecular weight excluding hydrogens is 328 g/mol. The van der Waals surface area contributed by atoms with Crippen molar-refractivity contribution in [1.82, 2.24) is 14.8 Å². The summed E-state index contributed by atoms with van der Waals surface area (Å²) in [5.74, 6) is 1.04. The first kappa shape index (κ1) is 16.3. The summed E-state index contributed by atoms with van der Waals surface area (Å²) in [4.78, 5) is 19.1. The van der Waals surface area contributed by atoms with Gasteiger partial charge in [0, 0.05) is 18.3 Å². The van der Waals surface area contributed by atoms with E-state index in [9.17, 15) is 4.79 Å². The molecule has 3 heterocycles. The van der Waals surface area contributed by atoms with E-state index in [1.165, 1.54) is 0 Å². The van der Waals surface area contributed by atoms with Crippen LogP contribution in [0.3, 0.4) is 0 Å². The Bertz CT molecular complexity index is 950. The third-order valence-electron chi connectivity index (χ3n) is 4.60. The summed E-state index contributed by atoms with van der Waals surface area (Å²) in [6.07, 6.45) is 0. The van der Waals surface area contributed by atoms with Crippen LogP contribution in [0.1, 0.15) is 27.3 Å². The van der Waals surface area contributed by atoms with E-state index in [0.717, 1.165) is 16.8 Å². The second kappa shape index (κ2) is 6.63. The van der Waals surface area contributed by atoms with Crippen LogP contribution in [0.15, 0.2) is 48.5 Å². The predicted octanol–water partition coefficient (Wildman–Crippen LogP) is 3.13. The molecule has 1 amide bonds. The Labute approximate surface area is 152 Å². The standard InChI is InChI=1S/C20H20N4O2/c1-14-8-9-18(21-15(14)2)23-10-11-24-17(20(23)25)12-19(22-24)26-13-16-6-4-3-5-7-16/h3-9,12H,10-11,13H2,1-2H3. The highest BCUT2D eigenvalue weighted by atomic mass is 16.5. The Morgan fingerprint density at radius 1 is 1.08 bits per heavy atom. The fourth-order valence-corrected chi connectivity index (χ4v) is 2.96. The predicted molar refractivity (Wildman–Crippen MR) is 98.4 cm³/mol. The van der Waals surface area contributed by atoms with Gasteiger partial charge in [-0.3, -0.25) is 14.4 Å².